The van der Waals surface area contributed by atoms with Crippen LogP contribution in [0, 0.1) is 0 Å². The van der Waals surface area contributed by atoms with Crippen molar-refractivity contribution in [2.75, 3.05) is 18.6 Å². The largest absolute Gasteiger partial charge is 0.497 e. The van der Waals surface area contributed by atoms with Gasteiger partial charge in [-0.2, -0.15) is 0 Å². The summed E-state index contributed by atoms with van der Waals surface area (Å²) < 4.78 is 27.8. The Kier molecular flexibility index (Phi) is 3.69. The molecule has 0 aliphatic carbocycles. The summed E-state index contributed by atoms with van der Waals surface area (Å²) in [6.07, 6.45) is 0.770. The minimum absolute atomic E-state index is 0.214. The van der Waals surface area contributed by atoms with Crippen molar-refractivity contribution in [1.29, 1.82) is 0 Å². The van der Waals surface area contributed by atoms with E-state index in [2.05, 4.69) is 5.32 Å². The molecule has 1 aliphatic rings. The maximum atomic E-state index is 11.3. The van der Waals surface area contributed by atoms with E-state index in [0.29, 0.717) is 11.5 Å². The van der Waals surface area contributed by atoms with Crippen molar-refractivity contribution in [3.63, 3.8) is 0 Å². The topological polar surface area (TPSA) is 60.0 Å². The van der Waals surface area contributed by atoms with Crippen LogP contribution in [-0.2, 0) is 16.4 Å². The molecule has 0 radical (unpaired) electrons. The van der Waals surface area contributed by atoms with Crippen molar-refractivity contribution in [2.45, 2.75) is 19.0 Å². The van der Waals surface area contributed by atoms with Gasteiger partial charge in [-0.1, -0.05) is 12.1 Å². The van der Waals surface area contributed by atoms with Gasteiger partial charge in [0.1, 0.15) is 24.1 Å². The number of sulfone groups is 1. The summed E-state index contributed by atoms with van der Waals surface area (Å²) in [5.41, 5.74) is 1.16. The van der Waals surface area contributed by atoms with Crippen LogP contribution in [0.5, 0.6) is 5.75 Å². The highest BCUT2D eigenvalue weighted by molar-refractivity contribution is 7.91. The first-order chi connectivity index (χ1) is 8.09. The Morgan fingerprint density at radius 2 is 2.29 bits per heavy atom. The molecule has 1 heterocycles. The van der Waals surface area contributed by atoms with Gasteiger partial charge >= 0.3 is 0 Å². The van der Waals surface area contributed by atoms with Gasteiger partial charge in [0.05, 0.1) is 12.9 Å². The molecule has 5 heteroatoms. The molecular weight excluding hydrogens is 238 g/mol. The molecule has 2 N–H and O–H groups in total. The first-order valence-corrected chi connectivity index (χ1v) is 7.58. The summed E-state index contributed by atoms with van der Waals surface area (Å²) in [4.78, 5) is 0. The predicted octanol–water partition coefficient (Wildman–Crippen LogP) is -0.0543. The number of nitrogens with two attached hydrogens (primary N) is 1. The van der Waals surface area contributed by atoms with E-state index in [4.69, 9.17) is 4.74 Å². The Hall–Kier alpha value is -1.07. The minimum atomic E-state index is -2.77. The van der Waals surface area contributed by atoms with Gasteiger partial charge in [-0.15, -0.1) is 0 Å². The SMILES string of the molecule is COc1cccc(C[NH2+][C@H]2CCS(=O)(=O)C2)c1. The highest BCUT2D eigenvalue weighted by Gasteiger charge is 2.30. The van der Waals surface area contributed by atoms with E-state index < -0.39 is 9.84 Å². The van der Waals surface area contributed by atoms with Gasteiger partial charge in [0.2, 0.25) is 0 Å². The lowest BCUT2D eigenvalue weighted by Crippen LogP contribution is -2.89. The average Bonchev–Trinajstić information content (AvgIpc) is 2.67. The fourth-order valence-electron chi connectivity index (χ4n) is 2.11. The van der Waals surface area contributed by atoms with Crippen molar-refractivity contribution < 1.29 is 18.5 Å². The number of rotatable bonds is 4. The van der Waals surface area contributed by atoms with Crippen molar-refractivity contribution in [2.24, 2.45) is 0 Å². The molecule has 0 saturated carbocycles. The number of hydrogen-bond donors (Lipinski definition) is 1. The second-order valence-electron chi connectivity index (χ2n) is 4.45. The zero-order chi connectivity index (χ0) is 12.3. The van der Waals surface area contributed by atoms with Gasteiger partial charge in [0, 0.05) is 12.0 Å². The molecule has 0 bridgehead atoms. The Bertz CT molecular complexity index is 484. The van der Waals surface area contributed by atoms with Crippen molar-refractivity contribution in [3.8, 4) is 5.75 Å². The molecule has 0 amide bonds. The first-order valence-electron chi connectivity index (χ1n) is 5.76. The molecule has 1 saturated heterocycles. The molecule has 0 unspecified atom stereocenters. The van der Waals surface area contributed by atoms with E-state index in [1.54, 1.807) is 7.11 Å². The van der Waals surface area contributed by atoms with Gasteiger partial charge in [-0.3, -0.25) is 0 Å². The smallest absolute Gasteiger partial charge is 0.156 e. The van der Waals surface area contributed by atoms with Crippen LogP contribution in [0.2, 0.25) is 0 Å². The molecular formula is C12H18NO3S+. The molecule has 1 aromatic carbocycles. The van der Waals surface area contributed by atoms with E-state index in [1.807, 2.05) is 24.3 Å². The van der Waals surface area contributed by atoms with Crippen LogP contribution < -0.4 is 10.1 Å². The number of methoxy groups -OCH3 is 1. The van der Waals surface area contributed by atoms with Crippen molar-refractivity contribution >= 4 is 9.84 Å². The maximum Gasteiger partial charge on any atom is 0.156 e. The molecule has 1 atom stereocenters. The lowest BCUT2D eigenvalue weighted by Gasteiger charge is -2.08. The first kappa shape index (κ1) is 12.4. The van der Waals surface area contributed by atoms with Gasteiger partial charge in [-0.05, 0) is 12.1 Å². The molecule has 1 aliphatic heterocycles. The second-order valence-corrected chi connectivity index (χ2v) is 6.68. The minimum Gasteiger partial charge on any atom is -0.497 e. The number of quaternary nitrogens is 1. The Labute approximate surface area is 102 Å². The molecule has 1 aromatic rings. The Morgan fingerprint density at radius 3 is 2.94 bits per heavy atom. The number of benzene rings is 1. The molecule has 0 aromatic heterocycles. The third-order valence-electron chi connectivity index (χ3n) is 3.09. The molecule has 2 rings (SSSR count). The van der Waals surface area contributed by atoms with Crippen LogP contribution in [0.25, 0.3) is 0 Å². The van der Waals surface area contributed by atoms with Crippen LogP contribution >= 0.6 is 0 Å². The van der Waals surface area contributed by atoms with Gasteiger partial charge in [0.25, 0.3) is 0 Å². The summed E-state index contributed by atoms with van der Waals surface area (Å²) >= 11 is 0. The van der Waals surface area contributed by atoms with Crippen LogP contribution in [-0.4, -0.2) is 33.1 Å². The Balaban J connectivity index is 1.90. The highest BCUT2D eigenvalue weighted by Crippen LogP contribution is 2.12. The van der Waals surface area contributed by atoms with Crippen LogP contribution in [0.4, 0.5) is 0 Å². The van der Waals surface area contributed by atoms with Crippen LogP contribution in [0.3, 0.4) is 0 Å². The lowest BCUT2D eigenvalue weighted by atomic mass is 10.2. The molecule has 17 heavy (non-hydrogen) atoms. The fourth-order valence-corrected chi connectivity index (χ4v) is 3.90. The molecule has 4 nitrogen and oxygen atoms in total. The normalized spacial score (nSPS) is 22.5. The molecule has 0 spiro atoms. The predicted molar refractivity (Wildman–Crippen MR) is 65.7 cm³/mol. The summed E-state index contributed by atoms with van der Waals surface area (Å²) in [6, 6.07) is 8.09. The molecule has 94 valence electrons. The van der Waals surface area contributed by atoms with Gasteiger partial charge < -0.3 is 10.1 Å². The number of ether oxygens (including phenoxy) is 1. The quantitative estimate of drug-likeness (QED) is 0.821. The highest BCUT2D eigenvalue weighted by atomic mass is 32.2. The maximum absolute atomic E-state index is 11.3. The third kappa shape index (κ3) is 3.44. The zero-order valence-electron chi connectivity index (χ0n) is 9.93. The summed E-state index contributed by atoms with van der Waals surface area (Å²) in [6.45, 7) is 0.803. The van der Waals surface area contributed by atoms with Gasteiger partial charge in [0.15, 0.2) is 9.84 Å². The van der Waals surface area contributed by atoms with Crippen LogP contribution in [0.15, 0.2) is 24.3 Å². The monoisotopic (exact) mass is 256 g/mol. The lowest BCUT2D eigenvalue weighted by molar-refractivity contribution is -0.699. The van der Waals surface area contributed by atoms with E-state index in [9.17, 15) is 8.42 Å². The Morgan fingerprint density at radius 1 is 1.47 bits per heavy atom. The molecule has 1 fully saturated rings. The van der Waals surface area contributed by atoms with E-state index in [1.165, 1.54) is 0 Å². The van der Waals surface area contributed by atoms with Crippen molar-refractivity contribution in [1.82, 2.24) is 0 Å². The second kappa shape index (κ2) is 5.06. The van der Waals surface area contributed by atoms with E-state index >= 15 is 0 Å². The summed E-state index contributed by atoms with van der Waals surface area (Å²) in [7, 11) is -1.12. The fraction of sp³-hybridized carbons (Fsp3) is 0.500. The summed E-state index contributed by atoms with van der Waals surface area (Å²) in [5.74, 6) is 1.50. The van der Waals surface area contributed by atoms with Crippen LogP contribution in [0.1, 0.15) is 12.0 Å². The summed E-state index contributed by atoms with van der Waals surface area (Å²) in [5, 5.41) is 2.11. The van der Waals surface area contributed by atoms with E-state index in [-0.39, 0.29) is 6.04 Å². The zero-order valence-corrected chi connectivity index (χ0v) is 10.7. The van der Waals surface area contributed by atoms with Gasteiger partial charge in [-0.25, -0.2) is 8.42 Å². The van der Waals surface area contributed by atoms with Crippen molar-refractivity contribution in [3.05, 3.63) is 29.8 Å². The third-order valence-corrected chi connectivity index (χ3v) is 4.88. The van der Waals surface area contributed by atoms with E-state index in [0.717, 1.165) is 24.3 Å². The number of hydrogen-bond acceptors (Lipinski definition) is 3. The standard InChI is InChI=1S/C12H17NO3S/c1-16-12-4-2-3-10(7-12)8-13-11-5-6-17(14,15)9-11/h2-4,7,11,13H,5-6,8-9H2,1H3/p+1/t11-/m0/s1. The average molecular weight is 256 g/mol.